The summed E-state index contributed by atoms with van der Waals surface area (Å²) in [6.45, 7) is 4.71. The first-order chi connectivity index (χ1) is 15.0. The zero-order valence-corrected chi connectivity index (χ0v) is 18.7. The molecule has 0 N–H and O–H groups in total. The molecule has 0 fully saturated rings. The molecule has 0 radical (unpaired) electrons. The molecule has 31 heavy (non-hydrogen) atoms. The second-order valence-electron chi connectivity index (χ2n) is 9.33. The molecule has 0 saturated carbocycles. The molecule has 1 nitrogen and oxygen atoms in total. The van der Waals surface area contributed by atoms with Crippen LogP contribution >= 0.6 is 7.14 Å². The van der Waals surface area contributed by atoms with Crippen LogP contribution in [0.3, 0.4) is 0 Å². The van der Waals surface area contributed by atoms with Crippen LogP contribution in [0.4, 0.5) is 0 Å². The minimum absolute atomic E-state index is 0.0592. The predicted molar refractivity (Wildman–Crippen MR) is 130 cm³/mol. The minimum atomic E-state index is -3.01. The maximum atomic E-state index is 15.3. The lowest BCUT2D eigenvalue weighted by Crippen LogP contribution is -2.29. The van der Waals surface area contributed by atoms with Crippen molar-refractivity contribution in [2.75, 3.05) is 0 Å². The summed E-state index contributed by atoms with van der Waals surface area (Å²) in [4.78, 5) is 0. The average molecular weight is 420 g/mol. The fourth-order valence-electron chi connectivity index (χ4n) is 6.15. The summed E-state index contributed by atoms with van der Waals surface area (Å²) in [7, 11) is -3.01. The number of fused-ring (bicyclic) bond motifs is 7. The predicted octanol–water partition coefficient (Wildman–Crippen LogP) is 5.85. The maximum Gasteiger partial charge on any atom is 0.171 e. The summed E-state index contributed by atoms with van der Waals surface area (Å²) in [5.41, 5.74) is 5.18. The van der Waals surface area contributed by atoms with Crippen molar-refractivity contribution in [3.63, 3.8) is 0 Å². The van der Waals surface area contributed by atoms with Gasteiger partial charge in [0, 0.05) is 27.7 Å². The van der Waals surface area contributed by atoms with Gasteiger partial charge in [0.15, 0.2) is 7.14 Å². The second kappa shape index (κ2) is 6.55. The molecule has 0 saturated heterocycles. The van der Waals surface area contributed by atoms with E-state index in [1.54, 1.807) is 0 Å². The Balaban J connectivity index is 1.79. The first-order valence-electron chi connectivity index (χ1n) is 11.0. The van der Waals surface area contributed by atoms with Gasteiger partial charge in [0.1, 0.15) is 0 Å². The van der Waals surface area contributed by atoms with Crippen LogP contribution in [0.5, 0.6) is 0 Å². The molecular formula is C29H25OP. The van der Waals surface area contributed by atoms with Crippen molar-refractivity contribution >= 4 is 23.1 Å². The van der Waals surface area contributed by atoms with E-state index in [-0.39, 0.29) is 17.3 Å². The second-order valence-corrected chi connectivity index (χ2v) is 12.0. The Kier molecular flexibility index (Phi) is 3.98. The number of benzene rings is 4. The third kappa shape index (κ3) is 2.42. The third-order valence-corrected chi connectivity index (χ3v) is 10.6. The average Bonchev–Trinajstić information content (AvgIpc) is 2.99. The third-order valence-electron chi connectivity index (χ3n) is 7.44. The van der Waals surface area contributed by atoms with Gasteiger partial charge in [0.25, 0.3) is 0 Å². The number of hydrogen-bond donors (Lipinski definition) is 0. The van der Waals surface area contributed by atoms with Crippen LogP contribution in [0.2, 0.25) is 0 Å². The van der Waals surface area contributed by atoms with Crippen molar-refractivity contribution in [1.82, 2.24) is 0 Å². The van der Waals surface area contributed by atoms with Gasteiger partial charge < -0.3 is 4.57 Å². The molecule has 4 aromatic rings. The van der Waals surface area contributed by atoms with Gasteiger partial charge in [-0.25, -0.2) is 0 Å². The van der Waals surface area contributed by atoms with Crippen LogP contribution in [-0.2, 0) is 9.98 Å². The van der Waals surface area contributed by atoms with Crippen LogP contribution in [-0.4, -0.2) is 0 Å². The van der Waals surface area contributed by atoms with Crippen molar-refractivity contribution in [3.05, 3.63) is 125 Å². The summed E-state index contributed by atoms with van der Waals surface area (Å²) >= 11 is 0. The monoisotopic (exact) mass is 420 g/mol. The molecule has 0 spiro atoms. The van der Waals surface area contributed by atoms with Crippen molar-refractivity contribution in [2.24, 2.45) is 0 Å². The Morgan fingerprint density at radius 1 is 0.613 bits per heavy atom. The summed E-state index contributed by atoms with van der Waals surface area (Å²) in [6.07, 6.45) is 0. The topological polar surface area (TPSA) is 17.1 Å². The Bertz CT molecular complexity index is 1350. The molecule has 6 rings (SSSR count). The Morgan fingerprint density at radius 3 is 1.84 bits per heavy atom. The highest BCUT2D eigenvalue weighted by atomic mass is 31.2. The molecule has 152 valence electrons. The number of hydrogen-bond acceptors (Lipinski definition) is 1. The Labute approximate surface area is 184 Å². The number of rotatable bonds is 1. The fourth-order valence-corrected chi connectivity index (χ4v) is 9.31. The molecule has 3 unspecified atom stereocenters. The normalized spacial score (nSPS) is 25.0. The van der Waals surface area contributed by atoms with Crippen LogP contribution in [0, 0.1) is 0 Å². The van der Waals surface area contributed by atoms with Gasteiger partial charge >= 0.3 is 0 Å². The molecule has 1 aliphatic heterocycles. The zero-order chi connectivity index (χ0) is 21.2. The molecule has 0 aromatic heterocycles. The highest BCUT2D eigenvalue weighted by Crippen LogP contribution is 2.62. The van der Waals surface area contributed by atoms with Crippen LogP contribution in [0.15, 0.2) is 103 Å². The molecule has 2 aliphatic rings. The minimum Gasteiger partial charge on any atom is -0.309 e. The largest absolute Gasteiger partial charge is 0.309 e. The molecule has 1 aliphatic carbocycles. The van der Waals surface area contributed by atoms with E-state index in [1.807, 2.05) is 42.5 Å². The molecule has 3 atom stereocenters. The zero-order valence-electron chi connectivity index (χ0n) is 17.8. The Hall–Kier alpha value is -2.89. The summed E-state index contributed by atoms with van der Waals surface area (Å²) < 4.78 is 15.3. The smallest absolute Gasteiger partial charge is 0.171 e. The van der Waals surface area contributed by atoms with Crippen molar-refractivity contribution in [1.29, 1.82) is 0 Å². The van der Waals surface area contributed by atoms with Gasteiger partial charge in [0.2, 0.25) is 0 Å². The van der Waals surface area contributed by atoms with E-state index in [0.29, 0.717) is 0 Å². The molecule has 4 aromatic carbocycles. The first kappa shape index (κ1) is 18.8. The standard InChI is InChI=1S/C29H25OP/c1-29(2)24-17-9-6-14-21(24)27-22-15-7-10-18-25(22)31(30,20-12-4-3-5-13-20)26-19-11-8-16-23(26)28(27)29/h3-19,27-28H,1-2H3. The van der Waals surface area contributed by atoms with Crippen molar-refractivity contribution < 1.29 is 4.57 Å². The van der Waals surface area contributed by atoms with E-state index in [4.69, 9.17) is 0 Å². The van der Waals surface area contributed by atoms with E-state index in [2.05, 4.69) is 74.5 Å². The lowest BCUT2D eigenvalue weighted by atomic mass is 9.71. The van der Waals surface area contributed by atoms with Crippen LogP contribution in [0.25, 0.3) is 0 Å². The van der Waals surface area contributed by atoms with E-state index in [9.17, 15) is 0 Å². The summed E-state index contributed by atoms with van der Waals surface area (Å²) in [5, 5.41) is 2.91. The maximum absolute atomic E-state index is 15.3. The van der Waals surface area contributed by atoms with E-state index in [0.717, 1.165) is 15.9 Å². The van der Waals surface area contributed by atoms with Gasteiger partial charge in [-0.1, -0.05) is 117 Å². The quantitative estimate of drug-likeness (QED) is 0.353. The highest BCUT2D eigenvalue weighted by Gasteiger charge is 2.52. The Morgan fingerprint density at radius 2 is 1.13 bits per heavy atom. The van der Waals surface area contributed by atoms with Crippen molar-refractivity contribution in [2.45, 2.75) is 31.1 Å². The summed E-state index contributed by atoms with van der Waals surface area (Å²) in [6, 6.07) is 35.9. The summed E-state index contributed by atoms with van der Waals surface area (Å²) in [5.74, 6) is 0.435. The highest BCUT2D eigenvalue weighted by molar-refractivity contribution is 7.85. The van der Waals surface area contributed by atoms with Gasteiger partial charge in [-0.2, -0.15) is 0 Å². The molecular weight excluding hydrogens is 395 g/mol. The van der Waals surface area contributed by atoms with Crippen LogP contribution < -0.4 is 15.9 Å². The van der Waals surface area contributed by atoms with Gasteiger partial charge in [0.05, 0.1) is 0 Å². The van der Waals surface area contributed by atoms with E-state index < -0.39 is 7.14 Å². The molecule has 2 heteroatoms. The van der Waals surface area contributed by atoms with Gasteiger partial charge in [-0.15, -0.1) is 0 Å². The van der Waals surface area contributed by atoms with Gasteiger partial charge in [-0.3, -0.25) is 0 Å². The molecule has 0 bridgehead atoms. The van der Waals surface area contributed by atoms with Crippen LogP contribution in [0.1, 0.15) is 47.9 Å². The SMILES string of the molecule is CC1(C)c2ccccc2C2c3ccccc3P(=O)(c3ccccc3)c3ccccc3C21. The van der Waals surface area contributed by atoms with Crippen molar-refractivity contribution in [3.8, 4) is 0 Å². The molecule has 1 heterocycles. The van der Waals surface area contributed by atoms with Gasteiger partial charge in [-0.05, 0) is 27.7 Å². The van der Waals surface area contributed by atoms with E-state index in [1.165, 1.54) is 22.3 Å². The lowest BCUT2D eigenvalue weighted by Gasteiger charge is -2.32. The lowest BCUT2D eigenvalue weighted by molar-refractivity contribution is 0.425. The van der Waals surface area contributed by atoms with E-state index >= 15 is 4.57 Å². The fraction of sp³-hybridized carbons (Fsp3) is 0.172. The molecule has 0 amide bonds. The first-order valence-corrected chi connectivity index (χ1v) is 12.7.